The van der Waals surface area contributed by atoms with Crippen molar-refractivity contribution in [3.8, 4) is 0 Å². The summed E-state index contributed by atoms with van der Waals surface area (Å²) in [7, 11) is 0. The van der Waals surface area contributed by atoms with Crippen LogP contribution in [0.25, 0.3) is 0 Å². The van der Waals surface area contributed by atoms with Crippen LogP contribution < -0.4 is 11.1 Å². The van der Waals surface area contributed by atoms with E-state index in [9.17, 15) is 4.79 Å². The molecule has 3 N–H and O–H groups in total. The number of hydrogen-bond acceptors (Lipinski definition) is 2. The molecular formula is C13H28N2O. The van der Waals surface area contributed by atoms with E-state index in [0.29, 0.717) is 6.42 Å². The minimum atomic E-state index is -0.355. The van der Waals surface area contributed by atoms with Crippen LogP contribution in [0.4, 0.5) is 0 Å². The molecule has 0 aliphatic carbocycles. The Morgan fingerprint density at radius 2 is 1.94 bits per heavy atom. The molecule has 96 valence electrons. The summed E-state index contributed by atoms with van der Waals surface area (Å²) in [5.41, 5.74) is 5.83. The summed E-state index contributed by atoms with van der Waals surface area (Å²) in [6.45, 7) is 9.25. The zero-order valence-electron chi connectivity index (χ0n) is 11.3. The van der Waals surface area contributed by atoms with E-state index in [-0.39, 0.29) is 17.4 Å². The number of hydrogen-bond donors (Lipinski definition) is 2. The maximum Gasteiger partial charge on any atom is 0.236 e. The Labute approximate surface area is 100 Å². The number of rotatable bonds is 8. The van der Waals surface area contributed by atoms with E-state index in [1.54, 1.807) is 0 Å². The van der Waals surface area contributed by atoms with E-state index in [2.05, 4.69) is 26.1 Å². The highest BCUT2D eigenvalue weighted by Gasteiger charge is 2.19. The minimum Gasteiger partial charge on any atom is -0.354 e. The van der Waals surface area contributed by atoms with E-state index in [0.717, 1.165) is 13.0 Å². The maximum atomic E-state index is 11.5. The SMILES string of the molecule is CCCCCC(C)(C)CNC(=O)C(N)CC. The molecule has 0 heterocycles. The van der Waals surface area contributed by atoms with Crippen molar-refractivity contribution in [3.05, 3.63) is 0 Å². The molecule has 0 rings (SSSR count). The first-order valence-corrected chi connectivity index (χ1v) is 6.46. The van der Waals surface area contributed by atoms with Crippen LogP contribution in [0.1, 0.15) is 59.8 Å². The Bertz CT molecular complexity index is 202. The molecule has 0 aromatic rings. The largest absolute Gasteiger partial charge is 0.354 e. The minimum absolute atomic E-state index is 0.0222. The quantitative estimate of drug-likeness (QED) is 0.627. The number of amides is 1. The lowest BCUT2D eigenvalue weighted by molar-refractivity contribution is -0.122. The number of carbonyl (C=O) groups excluding carboxylic acids is 1. The summed E-state index contributed by atoms with van der Waals surface area (Å²) < 4.78 is 0. The number of nitrogens with one attached hydrogen (secondary N) is 1. The van der Waals surface area contributed by atoms with Crippen molar-refractivity contribution in [2.45, 2.75) is 65.8 Å². The lowest BCUT2D eigenvalue weighted by atomic mass is 9.87. The summed E-state index contributed by atoms with van der Waals surface area (Å²) in [5, 5.41) is 2.94. The van der Waals surface area contributed by atoms with E-state index in [1.165, 1.54) is 19.3 Å². The van der Waals surface area contributed by atoms with Crippen LogP contribution in [-0.4, -0.2) is 18.5 Å². The molecule has 0 radical (unpaired) electrons. The smallest absolute Gasteiger partial charge is 0.236 e. The molecule has 16 heavy (non-hydrogen) atoms. The van der Waals surface area contributed by atoms with Gasteiger partial charge in [-0.15, -0.1) is 0 Å². The Morgan fingerprint density at radius 1 is 1.31 bits per heavy atom. The number of unbranched alkanes of at least 4 members (excludes halogenated alkanes) is 2. The van der Waals surface area contributed by atoms with Crippen molar-refractivity contribution >= 4 is 5.91 Å². The van der Waals surface area contributed by atoms with Gasteiger partial charge in [0.1, 0.15) is 0 Å². The van der Waals surface area contributed by atoms with Gasteiger partial charge in [-0.05, 0) is 18.3 Å². The molecule has 0 fully saturated rings. The van der Waals surface area contributed by atoms with Gasteiger partial charge < -0.3 is 11.1 Å². The summed E-state index contributed by atoms with van der Waals surface area (Å²) in [6, 6.07) is -0.355. The second-order valence-corrected chi connectivity index (χ2v) is 5.35. The molecule has 0 saturated heterocycles. The first-order valence-electron chi connectivity index (χ1n) is 6.46. The van der Waals surface area contributed by atoms with Crippen LogP contribution in [0, 0.1) is 5.41 Å². The lowest BCUT2D eigenvalue weighted by Crippen LogP contribution is -2.43. The van der Waals surface area contributed by atoms with Crippen molar-refractivity contribution in [2.24, 2.45) is 11.1 Å². The van der Waals surface area contributed by atoms with E-state index in [1.807, 2.05) is 6.92 Å². The van der Waals surface area contributed by atoms with E-state index >= 15 is 0 Å². The Morgan fingerprint density at radius 3 is 2.44 bits per heavy atom. The monoisotopic (exact) mass is 228 g/mol. The molecule has 0 saturated carbocycles. The molecule has 0 bridgehead atoms. The second kappa shape index (κ2) is 7.66. The van der Waals surface area contributed by atoms with Gasteiger partial charge in [0.2, 0.25) is 5.91 Å². The van der Waals surface area contributed by atoms with Gasteiger partial charge in [0.05, 0.1) is 6.04 Å². The van der Waals surface area contributed by atoms with Gasteiger partial charge in [-0.1, -0.05) is 47.0 Å². The van der Waals surface area contributed by atoms with Gasteiger partial charge >= 0.3 is 0 Å². The van der Waals surface area contributed by atoms with E-state index in [4.69, 9.17) is 5.73 Å². The Balaban J connectivity index is 3.84. The fourth-order valence-corrected chi connectivity index (χ4v) is 1.58. The first kappa shape index (κ1) is 15.4. The van der Waals surface area contributed by atoms with Crippen LogP contribution in [-0.2, 0) is 4.79 Å². The van der Waals surface area contributed by atoms with Gasteiger partial charge in [0.25, 0.3) is 0 Å². The van der Waals surface area contributed by atoms with Gasteiger partial charge in [0.15, 0.2) is 0 Å². The summed E-state index contributed by atoms with van der Waals surface area (Å²) in [4.78, 5) is 11.5. The molecule has 0 aliphatic rings. The predicted octanol–water partition coefficient (Wildman–Crippen LogP) is 2.45. The molecule has 3 heteroatoms. The zero-order chi connectivity index (χ0) is 12.6. The van der Waals surface area contributed by atoms with E-state index < -0.39 is 0 Å². The fraction of sp³-hybridized carbons (Fsp3) is 0.923. The average molecular weight is 228 g/mol. The summed E-state index contributed by atoms with van der Waals surface area (Å²) >= 11 is 0. The average Bonchev–Trinajstić information content (AvgIpc) is 2.25. The molecule has 0 aliphatic heterocycles. The Kier molecular flexibility index (Phi) is 7.39. The standard InChI is InChI=1S/C13H28N2O/c1-5-7-8-9-13(3,4)10-15-12(16)11(14)6-2/h11H,5-10,14H2,1-4H3,(H,15,16). The molecule has 0 aromatic heterocycles. The van der Waals surface area contributed by atoms with Crippen LogP contribution in [0.15, 0.2) is 0 Å². The van der Waals surface area contributed by atoms with Crippen molar-refractivity contribution in [2.75, 3.05) is 6.54 Å². The normalized spacial score (nSPS) is 13.6. The molecular weight excluding hydrogens is 200 g/mol. The third-order valence-electron chi connectivity index (χ3n) is 2.97. The molecule has 3 nitrogen and oxygen atoms in total. The molecule has 1 unspecified atom stereocenters. The highest BCUT2D eigenvalue weighted by molar-refractivity contribution is 5.81. The van der Waals surface area contributed by atoms with Crippen molar-refractivity contribution < 1.29 is 4.79 Å². The van der Waals surface area contributed by atoms with Gasteiger partial charge in [0, 0.05) is 6.54 Å². The fourth-order valence-electron chi connectivity index (χ4n) is 1.58. The molecule has 1 atom stereocenters. The zero-order valence-corrected chi connectivity index (χ0v) is 11.3. The maximum absolute atomic E-state index is 11.5. The van der Waals surface area contributed by atoms with Crippen molar-refractivity contribution in [3.63, 3.8) is 0 Å². The van der Waals surface area contributed by atoms with Crippen LogP contribution in [0.5, 0.6) is 0 Å². The number of carbonyl (C=O) groups is 1. The third-order valence-corrected chi connectivity index (χ3v) is 2.97. The predicted molar refractivity (Wildman–Crippen MR) is 69.2 cm³/mol. The first-order chi connectivity index (χ1) is 7.43. The van der Waals surface area contributed by atoms with Crippen LogP contribution >= 0.6 is 0 Å². The summed E-state index contributed by atoms with van der Waals surface area (Å²) in [6.07, 6.45) is 5.60. The molecule has 1 amide bonds. The van der Waals surface area contributed by atoms with Crippen molar-refractivity contribution in [1.82, 2.24) is 5.32 Å². The summed E-state index contributed by atoms with van der Waals surface area (Å²) in [5.74, 6) is -0.0222. The molecule has 0 aromatic carbocycles. The topological polar surface area (TPSA) is 55.1 Å². The lowest BCUT2D eigenvalue weighted by Gasteiger charge is -2.25. The van der Waals surface area contributed by atoms with Gasteiger partial charge in [-0.3, -0.25) is 4.79 Å². The third kappa shape index (κ3) is 6.83. The van der Waals surface area contributed by atoms with Gasteiger partial charge in [-0.25, -0.2) is 0 Å². The second-order valence-electron chi connectivity index (χ2n) is 5.35. The number of nitrogens with two attached hydrogens (primary N) is 1. The Hall–Kier alpha value is -0.570. The van der Waals surface area contributed by atoms with Crippen LogP contribution in [0.2, 0.25) is 0 Å². The van der Waals surface area contributed by atoms with Crippen molar-refractivity contribution in [1.29, 1.82) is 0 Å². The molecule has 0 spiro atoms. The van der Waals surface area contributed by atoms with Crippen LogP contribution in [0.3, 0.4) is 0 Å². The highest BCUT2D eigenvalue weighted by Crippen LogP contribution is 2.22. The highest BCUT2D eigenvalue weighted by atomic mass is 16.2. The van der Waals surface area contributed by atoms with Gasteiger partial charge in [-0.2, -0.15) is 0 Å².